The highest BCUT2D eigenvalue weighted by atomic mass is 16.5. The summed E-state index contributed by atoms with van der Waals surface area (Å²) >= 11 is 0. The molecule has 0 fully saturated rings. The van der Waals surface area contributed by atoms with Gasteiger partial charge in [0.2, 0.25) is 5.91 Å². The Balaban J connectivity index is 1.72. The Morgan fingerprint density at radius 1 is 1.14 bits per heavy atom. The Kier molecular flexibility index (Phi) is 5.76. The van der Waals surface area contributed by atoms with Gasteiger partial charge in [-0.3, -0.25) is 9.78 Å². The van der Waals surface area contributed by atoms with Crippen LogP contribution in [0.4, 0.5) is 0 Å². The van der Waals surface area contributed by atoms with Crippen LogP contribution in [0.3, 0.4) is 0 Å². The molecule has 0 radical (unpaired) electrons. The number of carbonyl (C=O) groups excluding carboxylic acids is 1. The summed E-state index contributed by atoms with van der Waals surface area (Å²) in [4.78, 5) is 16.1. The van der Waals surface area contributed by atoms with Crippen LogP contribution in [-0.2, 0) is 17.6 Å². The van der Waals surface area contributed by atoms with E-state index >= 15 is 0 Å². The van der Waals surface area contributed by atoms with E-state index < -0.39 is 0 Å². The third kappa shape index (κ3) is 4.91. The Bertz CT molecular complexity index is 570. The lowest BCUT2D eigenvalue weighted by atomic mass is 10.1. The summed E-state index contributed by atoms with van der Waals surface area (Å²) in [5.41, 5.74) is 2.04. The molecular formula is C17H20N2O2. The van der Waals surface area contributed by atoms with E-state index in [1.54, 1.807) is 13.3 Å². The third-order valence-electron chi connectivity index (χ3n) is 3.24. The Morgan fingerprint density at radius 3 is 2.71 bits per heavy atom. The van der Waals surface area contributed by atoms with Crippen molar-refractivity contribution >= 4 is 5.91 Å². The smallest absolute Gasteiger partial charge is 0.220 e. The molecule has 1 N–H and O–H groups in total. The van der Waals surface area contributed by atoms with Crippen molar-refractivity contribution in [3.05, 3.63) is 59.9 Å². The first kappa shape index (κ1) is 15.0. The third-order valence-corrected chi connectivity index (χ3v) is 3.24. The molecule has 4 nitrogen and oxygen atoms in total. The quantitative estimate of drug-likeness (QED) is 0.849. The van der Waals surface area contributed by atoms with Crippen LogP contribution in [0.15, 0.2) is 48.7 Å². The van der Waals surface area contributed by atoms with Gasteiger partial charge in [-0.05, 0) is 30.2 Å². The van der Waals surface area contributed by atoms with Gasteiger partial charge < -0.3 is 10.1 Å². The van der Waals surface area contributed by atoms with Crippen molar-refractivity contribution in [2.24, 2.45) is 0 Å². The second kappa shape index (κ2) is 8.04. The largest absolute Gasteiger partial charge is 0.496 e. The standard InChI is InChI=1S/C17H20N2O2/c1-21-16-8-3-2-6-14(16)9-10-17(20)19-13-11-15-7-4-5-12-18-15/h2-8,12H,9-11,13H2,1H3,(H,19,20). The molecule has 1 amide bonds. The molecule has 0 atom stereocenters. The fraction of sp³-hybridized carbons (Fsp3) is 0.294. The van der Waals surface area contributed by atoms with Gasteiger partial charge in [0.05, 0.1) is 7.11 Å². The van der Waals surface area contributed by atoms with Crippen LogP contribution in [0.5, 0.6) is 5.75 Å². The number of methoxy groups -OCH3 is 1. The number of carbonyl (C=O) groups is 1. The number of benzene rings is 1. The topological polar surface area (TPSA) is 51.2 Å². The molecule has 1 aromatic carbocycles. The molecule has 4 heteroatoms. The first-order valence-electron chi connectivity index (χ1n) is 7.08. The van der Waals surface area contributed by atoms with Gasteiger partial charge in [0.25, 0.3) is 0 Å². The minimum Gasteiger partial charge on any atom is -0.496 e. The summed E-state index contributed by atoms with van der Waals surface area (Å²) in [6, 6.07) is 13.6. The Hall–Kier alpha value is -2.36. The molecule has 2 aromatic rings. The maximum Gasteiger partial charge on any atom is 0.220 e. The van der Waals surface area contributed by atoms with E-state index in [1.807, 2.05) is 42.5 Å². The predicted octanol–water partition coefficient (Wildman–Crippen LogP) is 2.38. The zero-order chi connectivity index (χ0) is 14.9. The molecule has 110 valence electrons. The van der Waals surface area contributed by atoms with Gasteiger partial charge in [0.15, 0.2) is 0 Å². The number of aromatic nitrogens is 1. The predicted molar refractivity (Wildman–Crippen MR) is 82.3 cm³/mol. The Morgan fingerprint density at radius 2 is 1.95 bits per heavy atom. The first-order chi connectivity index (χ1) is 10.3. The molecule has 2 rings (SSSR count). The van der Waals surface area contributed by atoms with E-state index in [1.165, 1.54) is 0 Å². The van der Waals surface area contributed by atoms with Crippen LogP contribution < -0.4 is 10.1 Å². The van der Waals surface area contributed by atoms with Gasteiger partial charge in [0, 0.05) is 31.3 Å². The van der Waals surface area contributed by atoms with Crippen molar-refractivity contribution in [1.29, 1.82) is 0 Å². The van der Waals surface area contributed by atoms with E-state index in [4.69, 9.17) is 4.74 Å². The van der Waals surface area contributed by atoms with Crippen LogP contribution in [-0.4, -0.2) is 24.5 Å². The van der Waals surface area contributed by atoms with Gasteiger partial charge in [0.1, 0.15) is 5.75 Å². The van der Waals surface area contributed by atoms with Crippen LogP contribution in [0.25, 0.3) is 0 Å². The van der Waals surface area contributed by atoms with Crippen molar-refractivity contribution in [3.63, 3.8) is 0 Å². The Labute approximate surface area is 125 Å². The van der Waals surface area contributed by atoms with Crippen LogP contribution in [0, 0.1) is 0 Å². The SMILES string of the molecule is COc1ccccc1CCC(=O)NCCc1ccccn1. The number of pyridine rings is 1. The number of rotatable bonds is 7. The van der Waals surface area contributed by atoms with Crippen molar-refractivity contribution in [2.75, 3.05) is 13.7 Å². The van der Waals surface area contributed by atoms with Crippen molar-refractivity contribution in [3.8, 4) is 5.75 Å². The van der Waals surface area contributed by atoms with E-state index in [9.17, 15) is 4.79 Å². The van der Waals surface area contributed by atoms with Crippen molar-refractivity contribution in [2.45, 2.75) is 19.3 Å². The van der Waals surface area contributed by atoms with Gasteiger partial charge in [-0.2, -0.15) is 0 Å². The van der Waals surface area contributed by atoms with E-state index in [2.05, 4.69) is 10.3 Å². The summed E-state index contributed by atoms with van der Waals surface area (Å²) < 4.78 is 5.28. The second-order valence-electron chi connectivity index (χ2n) is 4.73. The van der Waals surface area contributed by atoms with Crippen LogP contribution in [0.2, 0.25) is 0 Å². The average Bonchev–Trinajstić information content (AvgIpc) is 2.54. The molecule has 0 bridgehead atoms. The number of amides is 1. The number of ether oxygens (including phenoxy) is 1. The minimum atomic E-state index is 0.0526. The van der Waals surface area contributed by atoms with Crippen LogP contribution >= 0.6 is 0 Å². The fourth-order valence-corrected chi connectivity index (χ4v) is 2.12. The lowest BCUT2D eigenvalue weighted by molar-refractivity contribution is -0.121. The summed E-state index contributed by atoms with van der Waals surface area (Å²) in [5, 5.41) is 2.92. The maximum atomic E-state index is 11.8. The average molecular weight is 284 g/mol. The first-order valence-corrected chi connectivity index (χ1v) is 7.08. The summed E-state index contributed by atoms with van der Waals surface area (Å²) in [5.74, 6) is 0.885. The number of hydrogen-bond donors (Lipinski definition) is 1. The number of nitrogens with one attached hydrogen (secondary N) is 1. The molecule has 21 heavy (non-hydrogen) atoms. The zero-order valence-electron chi connectivity index (χ0n) is 12.2. The van der Waals surface area contributed by atoms with Gasteiger partial charge in [-0.1, -0.05) is 24.3 Å². The van der Waals surface area contributed by atoms with Crippen LogP contribution in [0.1, 0.15) is 17.7 Å². The molecule has 1 aromatic heterocycles. The summed E-state index contributed by atoms with van der Waals surface area (Å²) in [7, 11) is 1.64. The minimum absolute atomic E-state index is 0.0526. The maximum absolute atomic E-state index is 11.8. The zero-order valence-corrected chi connectivity index (χ0v) is 12.2. The highest BCUT2D eigenvalue weighted by Crippen LogP contribution is 2.18. The normalized spacial score (nSPS) is 10.1. The van der Waals surface area contributed by atoms with E-state index in [0.29, 0.717) is 19.4 Å². The van der Waals surface area contributed by atoms with Gasteiger partial charge in [-0.25, -0.2) is 0 Å². The lowest BCUT2D eigenvalue weighted by Gasteiger charge is -2.08. The van der Waals surface area contributed by atoms with E-state index in [0.717, 1.165) is 23.4 Å². The highest BCUT2D eigenvalue weighted by molar-refractivity contribution is 5.76. The number of para-hydroxylation sites is 1. The number of aryl methyl sites for hydroxylation is 1. The molecular weight excluding hydrogens is 264 g/mol. The molecule has 0 aliphatic heterocycles. The molecule has 0 aliphatic carbocycles. The molecule has 0 unspecified atom stereocenters. The van der Waals surface area contributed by atoms with Crippen molar-refractivity contribution < 1.29 is 9.53 Å². The molecule has 0 saturated carbocycles. The van der Waals surface area contributed by atoms with Gasteiger partial charge in [-0.15, -0.1) is 0 Å². The number of nitrogens with zero attached hydrogens (tertiary/aromatic N) is 1. The summed E-state index contributed by atoms with van der Waals surface area (Å²) in [6.45, 7) is 0.613. The van der Waals surface area contributed by atoms with Gasteiger partial charge >= 0.3 is 0 Å². The van der Waals surface area contributed by atoms with Crippen molar-refractivity contribution in [1.82, 2.24) is 10.3 Å². The molecule has 1 heterocycles. The highest BCUT2D eigenvalue weighted by Gasteiger charge is 2.06. The lowest BCUT2D eigenvalue weighted by Crippen LogP contribution is -2.26. The monoisotopic (exact) mass is 284 g/mol. The van der Waals surface area contributed by atoms with E-state index in [-0.39, 0.29) is 5.91 Å². The summed E-state index contributed by atoms with van der Waals surface area (Å²) in [6.07, 6.45) is 3.65. The molecule has 0 saturated heterocycles. The molecule has 0 aliphatic rings. The second-order valence-corrected chi connectivity index (χ2v) is 4.73. The fourth-order valence-electron chi connectivity index (χ4n) is 2.12. The molecule has 0 spiro atoms. The number of hydrogen-bond acceptors (Lipinski definition) is 3.